The number of aliphatic imine (C=N–C) groups is 1. The van der Waals surface area contributed by atoms with Gasteiger partial charge < -0.3 is 15.7 Å². The quantitative estimate of drug-likeness (QED) is 0.432. The number of guanidine groups is 1. The largest absolute Gasteiger partial charge is 0.481 e. The number of nitrogens with one attached hydrogen (secondary N) is 3. The Kier molecular flexibility index (Phi) is 6.88. The maximum atomic E-state index is 15.8. The second-order valence-electron chi connectivity index (χ2n) is 8.26. The smallest absolute Gasteiger partial charge is 0.303 e. The Hall–Kier alpha value is -3.73. The Morgan fingerprint density at radius 3 is 2.69 bits per heavy atom. The normalized spacial score (nSPS) is 19.8. The third kappa shape index (κ3) is 6.04. The van der Waals surface area contributed by atoms with Crippen molar-refractivity contribution in [2.75, 3.05) is 23.1 Å². The molecular formula is C24H24F2N4O4S. The van der Waals surface area contributed by atoms with Gasteiger partial charge in [0, 0.05) is 30.8 Å². The van der Waals surface area contributed by atoms with E-state index in [0.29, 0.717) is 30.3 Å². The molecule has 0 radical (unpaired) electrons. The van der Waals surface area contributed by atoms with Gasteiger partial charge in [-0.1, -0.05) is 23.8 Å². The number of sulfonamides is 1. The molecule has 0 amide bonds. The summed E-state index contributed by atoms with van der Waals surface area (Å²) < 4.78 is 58.4. The molecule has 4 rings (SSSR count). The lowest BCUT2D eigenvalue weighted by Crippen LogP contribution is -2.26. The van der Waals surface area contributed by atoms with Crippen LogP contribution in [0, 0.1) is 0 Å². The van der Waals surface area contributed by atoms with E-state index in [1.54, 1.807) is 12.1 Å². The number of halogens is 2. The highest BCUT2D eigenvalue weighted by Crippen LogP contribution is 2.41. The molecule has 1 aliphatic heterocycles. The van der Waals surface area contributed by atoms with Crippen molar-refractivity contribution >= 4 is 33.3 Å². The molecule has 1 unspecified atom stereocenters. The van der Waals surface area contributed by atoms with Gasteiger partial charge in [0.2, 0.25) is 0 Å². The predicted molar refractivity (Wildman–Crippen MR) is 129 cm³/mol. The summed E-state index contributed by atoms with van der Waals surface area (Å²) in [5.41, 5.74) is -1.23. The number of nitrogens with zero attached hydrogens (tertiary/aromatic N) is 1. The Bertz CT molecular complexity index is 1340. The van der Waals surface area contributed by atoms with Gasteiger partial charge in [0.15, 0.2) is 11.6 Å². The summed E-state index contributed by atoms with van der Waals surface area (Å²) in [4.78, 5) is 15.1. The summed E-state index contributed by atoms with van der Waals surface area (Å²) in [6.07, 6.45) is 1.50. The van der Waals surface area contributed by atoms with Gasteiger partial charge in [0.25, 0.3) is 10.0 Å². The number of hydrogen-bond acceptors (Lipinski definition) is 6. The third-order valence-electron chi connectivity index (χ3n) is 5.53. The van der Waals surface area contributed by atoms with Gasteiger partial charge in [-0.05, 0) is 54.5 Å². The summed E-state index contributed by atoms with van der Waals surface area (Å²) in [6.45, 7) is 1.33. The highest BCUT2D eigenvalue weighted by molar-refractivity contribution is 7.92. The van der Waals surface area contributed by atoms with Crippen molar-refractivity contribution < 1.29 is 27.1 Å². The zero-order valence-corrected chi connectivity index (χ0v) is 19.4. The highest BCUT2D eigenvalue weighted by Gasteiger charge is 2.34. The molecule has 35 heavy (non-hydrogen) atoms. The van der Waals surface area contributed by atoms with Gasteiger partial charge in [0.1, 0.15) is 5.83 Å². The van der Waals surface area contributed by atoms with Crippen molar-refractivity contribution in [3.63, 3.8) is 0 Å². The number of allylic oxidation sites excluding steroid dienone is 4. The molecular weight excluding hydrogens is 478 g/mol. The van der Waals surface area contributed by atoms with Crippen molar-refractivity contribution in [1.29, 1.82) is 0 Å². The number of alkyl halides is 1. The summed E-state index contributed by atoms with van der Waals surface area (Å²) in [5.74, 6) is -1.32. The van der Waals surface area contributed by atoms with Crippen LogP contribution < -0.4 is 15.4 Å². The van der Waals surface area contributed by atoms with E-state index in [1.165, 1.54) is 36.4 Å². The Labute approximate surface area is 201 Å². The molecule has 1 heterocycles. The minimum Gasteiger partial charge on any atom is -0.481 e. The molecule has 4 N–H and O–H groups in total. The molecule has 11 heteroatoms. The van der Waals surface area contributed by atoms with Crippen LogP contribution in [0.4, 0.5) is 20.2 Å². The second-order valence-corrected chi connectivity index (χ2v) is 9.94. The summed E-state index contributed by atoms with van der Waals surface area (Å²) in [7, 11) is -4.02. The summed E-state index contributed by atoms with van der Waals surface area (Å²) >= 11 is 0. The van der Waals surface area contributed by atoms with Crippen LogP contribution in [0.2, 0.25) is 0 Å². The third-order valence-corrected chi connectivity index (χ3v) is 6.91. The van der Waals surface area contributed by atoms with E-state index in [9.17, 15) is 17.6 Å². The number of carbonyl (C=O) groups is 1. The number of aliphatic carboxylic acids is 1. The molecule has 0 spiro atoms. The van der Waals surface area contributed by atoms with E-state index in [1.807, 2.05) is 0 Å². The topological polar surface area (TPSA) is 120 Å². The number of carboxylic acid groups (broad SMARTS) is 1. The predicted octanol–water partition coefficient (Wildman–Crippen LogP) is 4.07. The molecule has 1 aliphatic carbocycles. The number of benzene rings is 2. The molecule has 2 aromatic rings. The average molecular weight is 503 g/mol. The van der Waals surface area contributed by atoms with E-state index in [2.05, 4.69) is 20.3 Å². The zero-order chi connectivity index (χ0) is 25.1. The molecule has 184 valence electrons. The standard InChI is InChI=1S/C24H24F2N4O4S/c25-18-11-16(7-8-22(31)32)14-24(26,15-18)17-3-1-5-20(12-17)30-35(33,34)21-6-2-4-19(13-21)29-23-27-9-10-28-23/h1-6,11-13,15,30H,7-10,14H2,(H,31,32)(H2,27,28,29). The fourth-order valence-electron chi connectivity index (χ4n) is 3.92. The maximum absolute atomic E-state index is 15.8. The van der Waals surface area contributed by atoms with Crippen molar-refractivity contribution in [2.24, 2.45) is 4.99 Å². The van der Waals surface area contributed by atoms with Gasteiger partial charge >= 0.3 is 5.97 Å². The SMILES string of the molecule is O=C(O)CCC1=CC(F)=CC(F)(c2cccc(NS(=O)(=O)c3cccc(NC4=NCCN4)c3)c2)C1. The van der Waals surface area contributed by atoms with Gasteiger partial charge in [0.05, 0.1) is 11.4 Å². The Balaban J connectivity index is 1.53. The summed E-state index contributed by atoms with van der Waals surface area (Å²) in [5, 5.41) is 14.9. The molecule has 8 nitrogen and oxygen atoms in total. The first-order valence-electron chi connectivity index (χ1n) is 10.9. The number of rotatable bonds is 8. The molecule has 2 aromatic carbocycles. The van der Waals surface area contributed by atoms with Crippen LogP contribution in [-0.4, -0.2) is 38.5 Å². The lowest BCUT2D eigenvalue weighted by Gasteiger charge is -2.27. The summed E-state index contributed by atoms with van der Waals surface area (Å²) in [6, 6.07) is 11.8. The van der Waals surface area contributed by atoms with Gasteiger partial charge in [-0.2, -0.15) is 0 Å². The zero-order valence-electron chi connectivity index (χ0n) is 18.6. The fourth-order valence-corrected chi connectivity index (χ4v) is 5.01. The first kappa shape index (κ1) is 24.4. The maximum Gasteiger partial charge on any atom is 0.303 e. The van der Waals surface area contributed by atoms with E-state index >= 15 is 4.39 Å². The van der Waals surface area contributed by atoms with Crippen LogP contribution in [-0.2, 0) is 20.5 Å². The van der Waals surface area contributed by atoms with Crippen molar-refractivity contribution in [3.8, 4) is 0 Å². The van der Waals surface area contributed by atoms with Crippen LogP contribution in [0.3, 0.4) is 0 Å². The highest BCUT2D eigenvalue weighted by atomic mass is 32.2. The monoisotopic (exact) mass is 502 g/mol. The molecule has 0 bridgehead atoms. The van der Waals surface area contributed by atoms with Crippen LogP contribution in [0.25, 0.3) is 0 Å². The van der Waals surface area contributed by atoms with Crippen LogP contribution in [0.1, 0.15) is 24.8 Å². The lowest BCUT2D eigenvalue weighted by atomic mass is 9.83. The number of hydrogen-bond donors (Lipinski definition) is 4. The van der Waals surface area contributed by atoms with E-state index in [0.717, 1.165) is 12.2 Å². The molecule has 2 aliphatic rings. The van der Waals surface area contributed by atoms with Crippen LogP contribution >= 0.6 is 0 Å². The van der Waals surface area contributed by atoms with Gasteiger partial charge in [-0.25, -0.2) is 17.2 Å². The first-order valence-corrected chi connectivity index (χ1v) is 12.4. The molecule has 1 atom stereocenters. The van der Waals surface area contributed by atoms with Crippen molar-refractivity contribution in [1.82, 2.24) is 5.32 Å². The average Bonchev–Trinajstić information content (AvgIpc) is 3.30. The molecule has 0 aromatic heterocycles. The first-order chi connectivity index (χ1) is 16.6. The van der Waals surface area contributed by atoms with Gasteiger partial charge in [-0.15, -0.1) is 0 Å². The van der Waals surface area contributed by atoms with Gasteiger partial charge in [-0.3, -0.25) is 14.5 Å². The van der Waals surface area contributed by atoms with E-state index < -0.39 is 27.5 Å². The Morgan fingerprint density at radius 1 is 1.17 bits per heavy atom. The van der Waals surface area contributed by atoms with Crippen LogP contribution in [0.5, 0.6) is 0 Å². The minimum absolute atomic E-state index is 0.0102. The number of anilines is 2. The fraction of sp³-hybridized carbons (Fsp3) is 0.250. The molecule has 0 saturated carbocycles. The minimum atomic E-state index is -4.02. The number of carboxylic acids is 1. The van der Waals surface area contributed by atoms with Crippen molar-refractivity contribution in [3.05, 3.63) is 77.6 Å². The van der Waals surface area contributed by atoms with E-state index in [4.69, 9.17) is 5.11 Å². The van der Waals surface area contributed by atoms with Crippen molar-refractivity contribution in [2.45, 2.75) is 29.8 Å². The lowest BCUT2D eigenvalue weighted by molar-refractivity contribution is -0.137. The van der Waals surface area contributed by atoms with Crippen LogP contribution in [0.15, 0.2) is 82.0 Å². The molecule has 0 fully saturated rings. The second kappa shape index (κ2) is 9.87. The Morgan fingerprint density at radius 2 is 1.94 bits per heavy atom. The van der Waals surface area contributed by atoms with E-state index in [-0.39, 0.29) is 35.4 Å². The molecule has 0 saturated heterocycles.